The van der Waals surface area contributed by atoms with Gasteiger partial charge in [-0.15, -0.1) is 0 Å². The highest BCUT2D eigenvalue weighted by atomic mass is 16.6. The molecule has 0 aliphatic rings. The normalized spacial score (nSPS) is 10.2. The molecule has 1 amide bonds. The third kappa shape index (κ3) is 5.41. The van der Waals surface area contributed by atoms with Crippen molar-refractivity contribution in [1.82, 2.24) is 4.90 Å². The predicted octanol–water partition coefficient (Wildman–Crippen LogP) is 2.84. The molecule has 0 aliphatic heterocycles. The molecule has 0 aliphatic carbocycles. The summed E-state index contributed by atoms with van der Waals surface area (Å²) in [5.74, 6) is -0.768. The highest BCUT2D eigenvalue weighted by Crippen LogP contribution is 2.15. The summed E-state index contributed by atoms with van der Waals surface area (Å²) in [4.78, 5) is 36.1. The Morgan fingerprint density at radius 2 is 1.81 bits per heavy atom. The molecule has 0 fully saturated rings. The summed E-state index contributed by atoms with van der Waals surface area (Å²) >= 11 is 0. The average Bonchev–Trinajstić information content (AvgIpc) is 2.68. The van der Waals surface area contributed by atoms with E-state index in [4.69, 9.17) is 0 Å². The van der Waals surface area contributed by atoms with E-state index in [9.17, 15) is 19.7 Å². The smallest absolute Gasteiger partial charge is 0.307 e. The summed E-state index contributed by atoms with van der Waals surface area (Å²) in [5.41, 5.74) is 1.13. The van der Waals surface area contributed by atoms with Gasteiger partial charge in [-0.3, -0.25) is 19.7 Å². The largest absolute Gasteiger partial charge is 0.469 e. The number of nitro groups is 1. The summed E-state index contributed by atoms with van der Waals surface area (Å²) in [6.45, 7) is 0.573. The van der Waals surface area contributed by atoms with E-state index in [1.807, 2.05) is 30.3 Å². The van der Waals surface area contributed by atoms with Gasteiger partial charge in [-0.2, -0.15) is 0 Å². The second-order valence-corrected chi connectivity index (χ2v) is 5.66. The van der Waals surface area contributed by atoms with Gasteiger partial charge in [0, 0.05) is 30.8 Å². The van der Waals surface area contributed by atoms with E-state index < -0.39 is 10.9 Å². The number of benzene rings is 2. The molecule has 0 saturated heterocycles. The van der Waals surface area contributed by atoms with E-state index >= 15 is 0 Å². The molecule has 2 aromatic carbocycles. The summed E-state index contributed by atoms with van der Waals surface area (Å²) in [6, 6.07) is 15.2. The summed E-state index contributed by atoms with van der Waals surface area (Å²) in [6.07, 6.45) is 0.675. The van der Waals surface area contributed by atoms with Gasteiger partial charge in [0.15, 0.2) is 0 Å². The van der Waals surface area contributed by atoms with Crippen LogP contribution in [0.3, 0.4) is 0 Å². The molecule has 7 heteroatoms. The number of nitro benzene ring substituents is 1. The van der Waals surface area contributed by atoms with Crippen molar-refractivity contribution in [2.75, 3.05) is 20.2 Å². The number of amides is 1. The minimum Gasteiger partial charge on any atom is -0.469 e. The SMILES string of the molecule is COC(=O)CCN(CCc1ccccc1)C(=O)c1cccc([N+](=O)[O-])c1. The van der Waals surface area contributed by atoms with Crippen molar-refractivity contribution in [1.29, 1.82) is 0 Å². The van der Waals surface area contributed by atoms with E-state index in [0.29, 0.717) is 13.0 Å². The van der Waals surface area contributed by atoms with Gasteiger partial charge in [0.1, 0.15) is 0 Å². The lowest BCUT2D eigenvalue weighted by Crippen LogP contribution is -2.35. The van der Waals surface area contributed by atoms with E-state index in [1.54, 1.807) is 0 Å². The van der Waals surface area contributed by atoms with E-state index in [2.05, 4.69) is 4.74 Å². The molecular weight excluding hydrogens is 336 g/mol. The molecular formula is C19H20N2O5. The molecule has 0 heterocycles. The molecule has 0 N–H and O–H groups in total. The van der Waals surface area contributed by atoms with Gasteiger partial charge in [0.25, 0.3) is 11.6 Å². The standard InChI is InChI=1S/C19H20N2O5/c1-26-18(22)11-13-20(12-10-15-6-3-2-4-7-15)19(23)16-8-5-9-17(14-16)21(24)25/h2-9,14H,10-13H2,1H3. The number of esters is 1. The fourth-order valence-electron chi connectivity index (χ4n) is 2.49. The molecule has 0 spiro atoms. The molecule has 0 aromatic heterocycles. The molecule has 136 valence electrons. The minimum atomic E-state index is -0.542. The fraction of sp³-hybridized carbons (Fsp3) is 0.263. The molecule has 7 nitrogen and oxygen atoms in total. The van der Waals surface area contributed by atoms with Crippen molar-refractivity contribution in [2.24, 2.45) is 0 Å². The number of ether oxygens (including phenoxy) is 1. The maximum atomic E-state index is 12.8. The average molecular weight is 356 g/mol. The Balaban J connectivity index is 2.15. The second-order valence-electron chi connectivity index (χ2n) is 5.66. The maximum absolute atomic E-state index is 12.8. The van der Waals surface area contributed by atoms with Crippen molar-refractivity contribution < 1.29 is 19.2 Å². The number of carbonyl (C=O) groups is 2. The van der Waals surface area contributed by atoms with Crippen LogP contribution in [0.25, 0.3) is 0 Å². The first-order valence-corrected chi connectivity index (χ1v) is 8.15. The first kappa shape index (κ1) is 19.1. The van der Waals surface area contributed by atoms with Crippen molar-refractivity contribution in [2.45, 2.75) is 12.8 Å². The van der Waals surface area contributed by atoms with Gasteiger partial charge < -0.3 is 9.64 Å². The molecule has 0 radical (unpaired) electrons. The van der Waals surface area contributed by atoms with Gasteiger partial charge in [-0.25, -0.2) is 0 Å². The first-order valence-electron chi connectivity index (χ1n) is 8.15. The van der Waals surface area contributed by atoms with Crippen LogP contribution >= 0.6 is 0 Å². The number of hydrogen-bond donors (Lipinski definition) is 0. The van der Waals surface area contributed by atoms with Crippen LogP contribution in [0, 0.1) is 10.1 Å². The highest BCUT2D eigenvalue weighted by Gasteiger charge is 2.19. The number of rotatable bonds is 8. The van der Waals surface area contributed by atoms with Crippen LogP contribution in [-0.4, -0.2) is 41.9 Å². The van der Waals surface area contributed by atoms with Crippen molar-refractivity contribution in [3.8, 4) is 0 Å². The summed E-state index contributed by atoms with van der Waals surface area (Å²) in [5, 5.41) is 10.9. The second kappa shape index (κ2) is 9.31. The lowest BCUT2D eigenvalue weighted by atomic mass is 10.1. The maximum Gasteiger partial charge on any atom is 0.307 e. The Hall–Kier alpha value is -3.22. The summed E-state index contributed by atoms with van der Waals surface area (Å²) < 4.78 is 4.63. The van der Waals surface area contributed by atoms with Crippen molar-refractivity contribution in [3.63, 3.8) is 0 Å². The van der Waals surface area contributed by atoms with E-state index in [0.717, 1.165) is 5.56 Å². The lowest BCUT2D eigenvalue weighted by molar-refractivity contribution is -0.384. The molecule has 0 bridgehead atoms. The third-order valence-corrected chi connectivity index (χ3v) is 3.92. The Labute approximate surface area is 151 Å². The Kier molecular flexibility index (Phi) is 6.84. The number of hydrogen-bond acceptors (Lipinski definition) is 5. The van der Waals surface area contributed by atoms with Crippen LogP contribution in [-0.2, 0) is 16.0 Å². The van der Waals surface area contributed by atoms with Crippen LogP contribution in [0.1, 0.15) is 22.3 Å². The lowest BCUT2D eigenvalue weighted by Gasteiger charge is -2.22. The van der Waals surface area contributed by atoms with Gasteiger partial charge in [0.05, 0.1) is 18.5 Å². The Morgan fingerprint density at radius 1 is 1.08 bits per heavy atom. The topological polar surface area (TPSA) is 89.8 Å². The number of methoxy groups -OCH3 is 1. The molecule has 2 rings (SSSR count). The summed E-state index contributed by atoms with van der Waals surface area (Å²) in [7, 11) is 1.29. The van der Waals surface area contributed by atoms with Gasteiger partial charge in [-0.05, 0) is 18.1 Å². The first-order chi connectivity index (χ1) is 12.5. The number of carbonyl (C=O) groups excluding carboxylic acids is 2. The van der Waals surface area contributed by atoms with E-state index in [-0.39, 0.29) is 30.1 Å². The van der Waals surface area contributed by atoms with E-state index in [1.165, 1.54) is 36.3 Å². The monoisotopic (exact) mass is 356 g/mol. The van der Waals surface area contributed by atoms with Crippen LogP contribution in [0.5, 0.6) is 0 Å². The molecule has 2 aromatic rings. The zero-order valence-electron chi connectivity index (χ0n) is 14.5. The zero-order valence-corrected chi connectivity index (χ0v) is 14.5. The van der Waals surface area contributed by atoms with Crippen LogP contribution in [0.2, 0.25) is 0 Å². The third-order valence-electron chi connectivity index (χ3n) is 3.92. The van der Waals surface area contributed by atoms with Crippen molar-refractivity contribution in [3.05, 3.63) is 75.8 Å². The minimum absolute atomic E-state index is 0.0615. The quantitative estimate of drug-likeness (QED) is 0.412. The van der Waals surface area contributed by atoms with Crippen LogP contribution < -0.4 is 0 Å². The fourth-order valence-corrected chi connectivity index (χ4v) is 2.49. The van der Waals surface area contributed by atoms with Gasteiger partial charge in [-0.1, -0.05) is 36.4 Å². The Bertz CT molecular complexity index is 777. The zero-order chi connectivity index (χ0) is 18.9. The van der Waals surface area contributed by atoms with Crippen LogP contribution in [0.4, 0.5) is 5.69 Å². The van der Waals surface area contributed by atoms with Gasteiger partial charge >= 0.3 is 5.97 Å². The molecule has 0 atom stereocenters. The molecule has 26 heavy (non-hydrogen) atoms. The van der Waals surface area contributed by atoms with Crippen LogP contribution in [0.15, 0.2) is 54.6 Å². The highest BCUT2D eigenvalue weighted by molar-refractivity contribution is 5.95. The predicted molar refractivity (Wildman–Crippen MR) is 95.8 cm³/mol. The number of nitrogens with zero attached hydrogens (tertiary/aromatic N) is 2. The molecule has 0 saturated carbocycles. The van der Waals surface area contributed by atoms with Gasteiger partial charge in [0.2, 0.25) is 0 Å². The number of non-ortho nitro benzene ring substituents is 1. The molecule has 0 unspecified atom stereocenters. The van der Waals surface area contributed by atoms with Crippen molar-refractivity contribution >= 4 is 17.6 Å². The Morgan fingerprint density at radius 3 is 2.46 bits per heavy atom.